The molecule has 1 N–H and O–H groups in total. The third-order valence-corrected chi connectivity index (χ3v) is 5.75. The highest BCUT2D eigenvalue weighted by Crippen LogP contribution is 2.39. The van der Waals surface area contributed by atoms with Crippen LogP contribution in [0.5, 0.6) is 5.75 Å². The highest BCUT2D eigenvalue weighted by atomic mass is 35.5. The molecule has 1 atom stereocenters. The quantitative estimate of drug-likeness (QED) is 0.595. The minimum atomic E-state index is -0.597. The summed E-state index contributed by atoms with van der Waals surface area (Å²) in [5, 5.41) is 8.15. The van der Waals surface area contributed by atoms with Gasteiger partial charge < -0.3 is 10.1 Å². The van der Waals surface area contributed by atoms with Gasteiger partial charge in [-0.25, -0.2) is 4.68 Å². The number of halogens is 1. The van der Waals surface area contributed by atoms with Gasteiger partial charge in [-0.2, -0.15) is 5.10 Å². The number of nitrogens with zero attached hydrogens (tertiary/aromatic N) is 2. The summed E-state index contributed by atoms with van der Waals surface area (Å²) in [6.45, 7) is 6.21. The lowest BCUT2D eigenvalue weighted by Gasteiger charge is -2.23. The first kappa shape index (κ1) is 20.2. The van der Waals surface area contributed by atoms with E-state index in [1.807, 2.05) is 32.9 Å². The average Bonchev–Trinajstić information content (AvgIpc) is 3.06. The molecule has 2 heterocycles. The van der Waals surface area contributed by atoms with Crippen molar-refractivity contribution in [2.24, 2.45) is 0 Å². The minimum absolute atomic E-state index is 0.0834. The van der Waals surface area contributed by atoms with E-state index in [4.69, 9.17) is 16.3 Å². The number of ketones is 1. The molecule has 30 heavy (non-hydrogen) atoms. The molecule has 1 aliphatic rings. The van der Waals surface area contributed by atoms with Crippen molar-refractivity contribution in [3.63, 3.8) is 0 Å². The lowest BCUT2D eigenvalue weighted by Crippen LogP contribution is -2.28. The van der Waals surface area contributed by atoms with Crippen LogP contribution in [0, 0.1) is 13.8 Å². The molecule has 7 heteroatoms. The van der Waals surface area contributed by atoms with Crippen LogP contribution >= 0.6 is 11.6 Å². The summed E-state index contributed by atoms with van der Waals surface area (Å²) in [6, 6.07) is 12.5. The number of rotatable bonds is 5. The largest absolute Gasteiger partial charge is 0.494 e. The van der Waals surface area contributed by atoms with Crippen LogP contribution in [0.3, 0.4) is 0 Å². The molecule has 2 aromatic carbocycles. The van der Waals surface area contributed by atoms with Gasteiger partial charge in [0.25, 0.3) is 0 Å². The average molecular weight is 424 g/mol. The summed E-state index contributed by atoms with van der Waals surface area (Å²) in [4.78, 5) is 25.8. The van der Waals surface area contributed by atoms with E-state index < -0.39 is 5.92 Å². The van der Waals surface area contributed by atoms with Crippen molar-refractivity contribution in [1.29, 1.82) is 0 Å². The molecule has 4 rings (SSSR count). The lowest BCUT2D eigenvalue weighted by molar-refractivity contribution is -0.116. The van der Waals surface area contributed by atoms with Gasteiger partial charge in [-0.1, -0.05) is 17.7 Å². The fourth-order valence-corrected chi connectivity index (χ4v) is 4.02. The number of benzene rings is 2. The molecule has 0 saturated carbocycles. The number of aryl methyl sites for hydroxylation is 1. The monoisotopic (exact) mass is 423 g/mol. The summed E-state index contributed by atoms with van der Waals surface area (Å²) in [5.74, 6) is 0.308. The van der Waals surface area contributed by atoms with Crippen molar-refractivity contribution >= 4 is 29.1 Å². The topological polar surface area (TPSA) is 73.2 Å². The van der Waals surface area contributed by atoms with E-state index in [-0.39, 0.29) is 18.1 Å². The predicted octanol–water partition coefficient (Wildman–Crippen LogP) is 4.85. The van der Waals surface area contributed by atoms with Gasteiger partial charge in [-0.3, -0.25) is 9.59 Å². The minimum Gasteiger partial charge on any atom is -0.494 e. The third-order valence-electron chi connectivity index (χ3n) is 5.34. The number of Topliss-reactive ketones (excluding diaryl/α,β-unsaturated/α-hetero) is 1. The summed E-state index contributed by atoms with van der Waals surface area (Å²) < 4.78 is 7.12. The molecule has 0 fully saturated rings. The smallest absolute Gasteiger partial charge is 0.226 e. The summed E-state index contributed by atoms with van der Waals surface area (Å²) >= 11 is 6.28. The summed E-state index contributed by atoms with van der Waals surface area (Å²) in [7, 11) is 0. The molecule has 0 bridgehead atoms. The second kappa shape index (κ2) is 7.95. The number of hydrogen-bond acceptors (Lipinski definition) is 4. The van der Waals surface area contributed by atoms with E-state index >= 15 is 0 Å². The van der Waals surface area contributed by atoms with Crippen molar-refractivity contribution in [3.05, 3.63) is 69.9 Å². The van der Waals surface area contributed by atoms with E-state index in [0.717, 1.165) is 16.8 Å². The van der Waals surface area contributed by atoms with Crippen LogP contribution in [0.1, 0.15) is 46.4 Å². The van der Waals surface area contributed by atoms with Crippen LogP contribution in [-0.2, 0) is 4.79 Å². The van der Waals surface area contributed by atoms with E-state index in [1.165, 1.54) is 0 Å². The number of fused-ring (bicyclic) bond motifs is 1. The zero-order chi connectivity index (χ0) is 21.4. The van der Waals surface area contributed by atoms with Crippen LogP contribution < -0.4 is 10.1 Å². The number of hydrogen-bond donors (Lipinski definition) is 1. The van der Waals surface area contributed by atoms with Crippen LogP contribution in [0.25, 0.3) is 5.69 Å². The van der Waals surface area contributed by atoms with Gasteiger partial charge in [-0.15, -0.1) is 0 Å². The van der Waals surface area contributed by atoms with Gasteiger partial charge in [0.15, 0.2) is 5.78 Å². The molecule has 1 aromatic heterocycles. The second-order valence-corrected chi connectivity index (χ2v) is 7.68. The molecule has 0 spiro atoms. The van der Waals surface area contributed by atoms with Crippen LogP contribution in [-0.4, -0.2) is 28.1 Å². The van der Waals surface area contributed by atoms with Gasteiger partial charge in [-0.05, 0) is 62.7 Å². The first-order valence-corrected chi connectivity index (χ1v) is 10.2. The van der Waals surface area contributed by atoms with Gasteiger partial charge in [0.2, 0.25) is 5.91 Å². The number of carbonyl (C=O) groups excluding carboxylic acids is 2. The fourth-order valence-electron chi connectivity index (χ4n) is 3.85. The van der Waals surface area contributed by atoms with Crippen molar-refractivity contribution in [2.75, 3.05) is 11.9 Å². The number of ether oxygens (including phenoxy) is 1. The van der Waals surface area contributed by atoms with Crippen molar-refractivity contribution in [1.82, 2.24) is 9.78 Å². The maximum absolute atomic E-state index is 13.3. The first-order chi connectivity index (χ1) is 14.4. The highest BCUT2D eigenvalue weighted by Gasteiger charge is 2.36. The summed E-state index contributed by atoms with van der Waals surface area (Å²) in [5.41, 5.74) is 3.59. The molecule has 0 radical (unpaired) electrons. The molecular weight excluding hydrogens is 402 g/mol. The van der Waals surface area contributed by atoms with Crippen molar-refractivity contribution in [3.8, 4) is 11.4 Å². The number of carbonyl (C=O) groups is 2. The van der Waals surface area contributed by atoms with Crippen molar-refractivity contribution < 1.29 is 14.3 Å². The Balaban J connectivity index is 1.77. The van der Waals surface area contributed by atoms with E-state index in [1.54, 1.807) is 35.0 Å². The van der Waals surface area contributed by atoms with E-state index in [0.29, 0.717) is 34.5 Å². The number of anilines is 1. The predicted molar refractivity (Wildman–Crippen MR) is 116 cm³/mol. The molecule has 6 nitrogen and oxygen atoms in total. The Morgan fingerprint density at radius 3 is 2.67 bits per heavy atom. The normalized spacial score (nSPS) is 15.5. The number of aromatic nitrogens is 2. The summed E-state index contributed by atoms with van der Waals surface area (Å²) in [6.07, 6.45) is 0.0834. The van der Waals surface area contributed by atoms with E-state index in [2.05, 4.69) is 10.4 Å². The highest BCUT2D eigenvalue weighted by molar-refractivity contribution is 6.31. The maximum Gasteiger partial charge on any atom is 0.226 e. The first-order valence-electron chi connectivity index (χ1n) is 9.82. The van der Waals surface area contributed by atoms with Crippen LogP contribution in [0.2, 0.25) is 5.02 Å². The Kier molecular flexibility index (Phi) is 5.35. The molecule has 1 amide bonds. The Hall–Kier alpha value is -3.12. The van der Waals surface area contributed by atoms with Gasteiger partial charge in [0, 0.05) is 22.6 Å². The molecule has 0 saturated heterocycles. The Morgan fingerprint density at radius 1 is 1.23 bits per heavy atom. The Morgan fingerprint density at radius 2 is 1.97 bits per heavy atom. The van der Waals surface area contributed by atoms with Crippen LogP contribution in [0.15, 0.2) is 42.5 Å². The molecule has 0 unspecified atom stereocenters. The van der Waals surface area contributed by atoms with Gasteiger partial charge >= 0.3 is 0 Å². The Bertz CT molecular complexity index is 1140. The fraction of sp³-hybridized carbons (Fsp3) is 0.261. The molecule has 154 valence electrons. The third kappa shape index (κ3) is 3.48. The Labute approximate surface area is 179 Å². The number of nitrogens with one attached hydrogen (secondary N) is 1. The van der Waals surface area contributed by atoms with Crippen molar-refractivity contribution in [2.45, 2.75) is 33.1 Å². The molecular formula is C23H22ClN3O3. The zero-order valence-corrected chi connectivity index (χ0v) is 17.8. The zero-order valence-electron chi connectivity index (χ0n) is 17.0. The van der Waals surface area contributed by atoms with Gasteiger partial charge in [0.05, 0.1) is 23.9 Å². The second-order valence-electron chi connectivity index (χ2n) is 7.27. The standard InChI is InChI=1S/C23H22ClN3O3/c1-4-30-16-10-8-15(9-11-16)22(29)17-12-20(28)25-23-21(17)14(3)26-27(23)19-7-5-6-18(24)13(19)2/h5-11,17H,4,12H2,1-3H3,(H,25,28)/t17-/m1/s1. The molecule has 3 aromatic rings. The maximum atomic E-state index is 13.3. The van der Waals surface area contributed by atoms with Crippen LogP contribution in [0.4, 0.5) is 5.82 Å². The number of amides is 1. The molecule has 0 aliphatic carbocycles. The lowest BCUT2D eigenvalue weighted by atomic mass is 9.85. The van der Waals surface area contributed by atoms with Gasteiger partial charge in [0.1, 0.15) is 11.6 Å². The van der Waals surface area contributed by atoms with E-state index in [9.17, 15) is 9.59 Å². The SMILES string of the molecule is CCOc1ccc(C(=O)[C@@H]2CC(=O)Nc3c2c(C)nn3-c2cccc(Cl)c2C)cc1. The molecule has 1 aliphatic heterocycles.